The highest BCUT2D eigenvalue weighted by Crippen LogP contribution is 2.40. The maximum absolute atomic E-state index is 3.61. The summed E-state index contributed by atoms with van der Waals surface area (Å²) in [5.74, 6) is 0. The van der Waals surface area contributed by atoms with E-state index in [1.165, 1.54) is 65.5 Å². The highest BCUT2D eigenvalue weighted by atomic mass is 15.0. The molecule has 0 saturated heterocycles. The topological polar surface area (TPSA) is 20.7 Å². The first kappa shape index (κ1) is 17.6. The van der Waals surface area contributed by atoms with Gasteiger partial charge < -0.3 is 9.55 Å². The van der Waals surface area contributed by atoms with Gasteiger partial charge in [-0.25, -0.2) is 0 Å². The minimum Gasteiger partial charge on any atom is -0.354 e. The van der Waals surface area contributed by atoms with E-state index < -0.39 is 0 Å². The van der Waals surface area contributed by atoms with Crippen LogP contribution in [0.15, 0.2) is 97.1 Å². The monoisotopic (exact) mass is 410 g/mol. The largest absolute Gasteiger partial charge is 0.354 e. The summed E-state index contributed by atoms with van der Waals surface area (Å²) < 4.78 is 2.46. The van der Waals surface area contributed by atoms with Gasteiger partial charge in [0.2, 0.25) is 0 Å². The number of aryl methyl sites for hydroxylation is 1. The van der Waals surface area contributed by atoms with E-state index >= 15 is 0 Å². The third-order valence-electron chi connectivity index (χ3n) is 6.90. The molecular weight excluding hydrogens is 388 g/mol. The summed E-state index contributed by atoms with van der Waals surface area (Å²) in [5.41, 5.74) is 7.54. The molecule has 0 unspecified atom stereocenters. The van der Waals surface area contributed by atoms with E-state index in [9.17, 15) is 0 Å². The van der Waals surface area contributed by atoms with Crippen molar-refractivity contribution in [2.75, 3.05) is 0 Å². The molecule has 7 rings (SSSR count). The lowest BCUT2D eigenvalue weighted by atomic mass is 9.94. The molecule has 0 aliphatic carbocycles. The first-order valence-electron chi connectivity index (χ1n) is 11.3. The van der Waals surface area contributed by atoms with Crippen molar-refractivity contribution >= 4 is 54.4 Å². The number of fused-ring (bicyclic) bond motifs is 8. The second kappa shape index (κ2) is 6.48. The Morgan fingerprint density at radius 1 is 0.594 bits per heavy atom. The standard InChI is InChI=1S/C30H22N2/c1-2-32-29-14-8-6-11-23(29)26-18-25(20-9-3-4-12-24(20)30(26)32)19-15-16-22-21-10-5-7-13-27(21)31-28(22)17-19/h3-18,31H,2H2,1H3. The van der Waals surface area contributed by atoms with Crippen molar-refractivity contribution in [3.05, 3.63) is 97.1 Å². The van der Waals surface area contributed by atoms with Gasteiger partial charge in [-0.15, -0.1) is 0 Å². The SMILES string of the molecule is CCn1c2ccccc2c2cc(-c3ccc4c(c3)[nH]c3ccccc34)c3ccccc3c21. The van der Waals surface area contributed by atoms with Crippen molar-refractivity contribution in [3.63, 3.8) is 0 Å². The fourth-order valence-electron chi connectivity index (χ4n) is 5.50. The van der Waals surface area contributed by atoms with Crippen LogP contribution in [-0.4, -0.2) is 9.55 Å². The number of benzene rings is 5. The molecule has 2 aromatic heterocycles. The lowest BCUT2D eigenvalue weighted by Gasteiger charge is -2.11. The Labute approximate surface area is 185 Å². The van der Waals surface area contributed by atoms with Gasteiger partial charge in [0.05, 0.1) is 5.52 Å². The summed E-state index contributed by atoms with van der Waals surface area (Å²) in [6.07, 6.45) is 0. The quantitative estimate of drug-likeness (QED) is 0.296. The van der Waals surface area contributed by atoms with Crippen LogP contribution in [0.4, 0.5) is 0 Å². The Kier molecular flexibility index (Phi) is 3.57. The zero-order valence-corrected chi connectivity index (χ0v) is 17.9. The van der Waals surface area contributed by atoms with Gasteiger partial charge in [-0.05, 0) is 47.7 Å². The lowest BCUT2D eigenvalue weighted by molar-refractivity contribution is 0.829. The van der Waals surface area contributed by atoms with Crippen molar-refractivity contribution in [1.82, 2.24) is 9.55 Å². The molecule has 32 heavy (non-hydrogen) atoms. The molecule has 1 N–H and O–H groups in total. The van der Waals surface area contributed by atoms with Crippen LogP contribution in [0, 0.1) is 0 Å². The molecule has 2 heteroatoms. The Morgan fingerprint density at radius 2 is 1.28 bits per heavy atom. The minimum atomic E-state index is 0.953. The van der Waals surface area contributed by atoms with Crippen LogP contribution in [0.2, 0.25) is 0 Å². The average molecular weight is 411 g/mol. The maximum atomic E-state index is 3.61. The van der Waals surface area contributed by atoms with Crippen LogP contribution in [0.25, 0.3) is 65.5 Å². The van der Waals surface area contributed by atoms with Crippen molar-refractivity contribution < 1.29 is 0 Å². The molecule has 2 heterocycles. The number of rotatable bonds is 2. The summed E-state index contributed by atoms with van der Waals surface area (Å²) in [6.45, 7) is 3.19. The van der Waals surface area contributed by atoms with Crippen LogP contribution < -0.4 is 0 Å². The van der Waals surface area contributed by atoms with Crippen LogP contribution in [-0.2, 0) is 6.54 Å². The summed E-state index contributed by atoms with van der Waals surface area (Å²) >= 11 is 0. The van der Waals surface area contributed by atoms with Gasteiger partial charge >= 0.3 is 0 Å². The van der Waals surface area contributed by atoms with Crippen molar-refractivity contribution in [2.24, 2.45) is 0 Å². The minimum absolute atomic E-state index is 0.953. The van der Waals surface area contributed by atoms with Crippen LogP contribution in [0.5, 0.6) is 0 Å². The number of H-pyrrole nitrogens is 1. The molecule has 5 aromatic carbocycles. The third-order valence-corrected chi connectivity index (χ3v) is 6.90. The molecule has 152 valence electrons. The second-order valence-electron chi connectivity index (χ2n) is 8.56. The number of aromatic nitrogens is 2. The molecule has 7 aromatic rings. The van der Waals surface area contributed by atoms with Gasteiger partial charge in [-0.2, -0.15) is 0 Å². The Hall–Kier alpha value is -4.04. The zero-order valence-electron chi connectivity index (χ0n) is 17.9. The highest BCUT2D eigenvalue weighted by Gasteiger charge is 2.16. The number of hydrogen-bond donors (Lipinski definition) is 1. The van der Waals surface area contributed by atoms with E-state index in [2.05, 4.69) is 114 Å². The lowest BCUT2D eigenvalue weighted by Crippen LogP contribution is -1.94. The summed E-state index contributed by atoms with van der Waals surface area (Å²) in [7, 11) is 0. The van der Waals surface area contributed by atoms with E-state index in [-0.39, 0.29) is 0 Å². The number of nitrogens with one attached hydrogen (secondary N) is 1. The third kappa shape index (κ3) is 2.29. The van der Waals surface area contributed by atoms with Crippen LogP contribution >= 0.6 is 0 Å². The van der Waals surface area contributed by atoms with Crippen molar-refractivity contribution in [1.29, 1.82) is 0 Å². The average Bonchev–Trinajstić information content (AvgIpc) is 3.38. The van der Waals surface area contributed by atoms with Crippen molar-refractivity contribution in [2.45, 2.75) is 13.5 Å². The molecule has 0 aliphatic rings. The molecule has 0 bridgehead atoms. The van der Waals surface area contributed by atoms with E-state index in [1.54, 1.807) is 0 Å². The first-order chi connectivity index (χ1) is 15.8. The molecule has 2 nitrogen and oxygen atoms in total. The maximum Gasteiger partial charge on any atom is 0.0571 e. The molecule has 0 aliphatic heterocycles. The summed E-state index contributed by atoms with van der Waals surface area (Å²) in [5, 5.41) is 7.82. The smallest absolute Gasteiger partial charge is 0.0571 e. The Morgan fingerprint density at radius 3 is 2.12 bits per heavy atom. The highest BCUT2D eigenvalue weighted by molar-refractivity contribution is 6.21. The normalized spacial score (nSPS) is 12.0. The Balaban J connectivity index is 1.61. The van der Waals surface area contributed by atoms with E-state index in [0.717, 1.165) is 6.54 Å². The van der Waals surface area contributed by atoms with E-state index in [0.29, 0.717) is 0 Å². The molecule has 0 spiro atoms. The van der Waals surface area contributed by atoms with Crippen molar-refractivity contribution in [3.8, 4) is 11.1 Å². The van der Waals surface area contributed by atoms with Gasteiger partial charge in [-0.3, -0.25) is 0 Å². The molecule has 0 atom stereocenters. The van der Waals surface area contributed by atoms with Crippen LogP contribution in [0.3, 0.4) is 0 Å². The second-order valence-corrected chi connectivity index (χ2v) is 8.56. The van der Waals surface area contributed by atoms with Gasteiger partial charge in [0, 0.05) is 50.0 Å². The number of nitrogens with zero attached hydrogens (tertiary/aromatic N) is 1. The fourth-order valence-corrected chi connectivity index (χ4v) is 5.50. The van der Waals surface area contributed by atoms with Gasteiger partial charge in [0.15, 0.2) is 0 Å². The predicted molar refractivity (Wildman–Crippen MR) is 137 cm³/mol. The number of hydrogen-bond acceptors (Lipinski definition) is 0. The molecular formula is C30H22N2. The Bertz CT molecular complexity index is 1810. The van der Waals surface area contributed by atoms with E-state index in [4.69, 9.17) is 0 Å². The predicted octanol–water partition coefficient (Wildman–Crippen LogP) is 8.27. The molecule has 0 fully saturated rings. The summed E-state index contributed by atoms with van der Waals surface area (Å²) in [4.78, 5) is 3.61. The van der Waals surface area contributed by atoms with Gasteiger partial charge in [0.25, 0.3) is 0 Å². The van der Waals surface area contributed by atoms with Gasteiger partial charge in [0.1, 0.15) is 0 Å². The molecule has 0 saturated carbocycles. The fraction of sp³-hybridized carbons (Fsp3) is 0.0667. The first-order valence-corrected chi connectivity index (χ1v) is 11.3. The van der Waals surface area contributed by atoms with Gasteiger partial charge in [-0.1, -0.05) is 72.8 Å². The molecule has 0 radical (unpaired) electrons. The summed E-state index contributed by atoms with van der Waals surface area (Å²) in [6, 6.07) is 35.4. The van der Waals surface area contributed by atoms with Crippen LogP contribution in [0.1, 0.15) is 6.92 Å². The van der Waals surface area contributed by atoms with E-state index in [1.807, 2.05) is 0 Å². The number of para-hydroxylation sites is 2. The number of aromatic amines is 1. The molecule has 0 amide bonds. The zero-order chi connectivity index (χ0) is 21.2.